The molecule has 27 heavy (non-hydrogen) atoms. The van der Waals surface area contributed by atoms with E-state index in [0.29, 0.717) is 0 Å². The summed E-state index contributed by atoms with van der Waals surface area (Å²) in [4.78, 5) is 4.46. The lowest BCUT2D eigenvalue weighted by atomic mass is 10.00. The van der Waals surface area contributed by atoms with Gasteiger partial charge in [-0.3, -0.25) is 0 Å². The second-order valence-electron chi connectivity index (χ2n) is 6.12. The van der Waals surface area contributed by atoms with Crippen LogP contribution in [-0.2, 0) is 0 Å². The number of para-hydroxylation sites is 2. The Labute approximate surface area is 164 Å². The van der Waals surface area contributed by atoms with E-state index < -0.39 is 0 Å². The van der Waals surface area contributed by atoms with Crippen LogP contribution >= 0.6 is 0 Å². The highest BCUT2D eigenvalue weighted by atomic mass is 15.1. The van der Waals surface area contributed by atoms with Crippen molar-refractivity contribution in [3.05, 3.63) is 117 Å². The Morgan fingerprint density at radius 1 is 0.593 bits per heavy atom. The minimum absolute atomic E-state index is 0.755. The molecule has 2 radical (unpaired) electrons. The Balaban J connectivity index is 2.40. The van der Waals surface area contributed by atoms with Crippen LogP contribution < -0.4 is 9.80 Å². The van der Waals surface area contributed by atoms with Crippen LogP contribution in [0.2, 0.25) is 0 Å². The van der Waals surface area contributed by atoms with Crippen molar-refractivity contribution in [3.8, 4) is 0 Å². The Kier molecular flexibility index (Phi) is 8.18. The number of anilines is 2. The van der Waals surface area contributed by atoms with E-state index in [1.807, 2.05) is 48.6 Å². The second-order valence-corrected chi connectivity index (χ2v) is 6.12. The quantitative estimate of drug-likeness (QED) is 0.462. The van der Waals surface area contributed by atoms with E-state index in [-0.39, 0.29) is 0 Å². The number of hydrogen-bond acceptors (Lipinski definition) is 2. The largest absolute Gasteiger partial charge is 0.364 e. The molecule has 0 N–H and O–H groups in total. The summed E-state index contributed by atoms with van der Waals surface area (Å²) >= 11 is 0. The summed E-state index contributed by atoms with van der Waals surface area (Å²) in [6.45, 7) is 18.5. The predicted molar refractivity (Wildman–Crippen MR) is 120 cm³/mol. The number of nitrogens with zero attached hydrogens (tertiary/aromatic N) is 2. The highest BCUT2D eigenvalue weighted by Crippen LogP contribution is 2.29. The minimum atomic E-state index is 0.755. The lowest BCUT2D eigenvalue weighted by molar-refractivity contribution is 0.945. The van der Waals surface area contributed by atoms with Gasteiger partial charge in [-0.25, -0.2) is 0 Å². The summed E-state index contributed by atoms with van der Waals surface area (Å²) < 4.78 is 0. The summed E-state index contributed by atoms with van der Waals surface area (Å²) in [5.41, 5.74) is 4.33. The summed E-state index contributed by atoms with van der Waals surface area (Å²) in [6.07, 6.45) is 11.2. The second kappa shape index (κ2) is 10.9. The molecule has 2 nitrogen and oxygen atoms in total. The first-order valence-electron chi connectivity index (χ1n) is 9.13. The molecule has 0 bridgehead atoms. The molecule has 0 heterocycles. The summed E-state index contributed by atoms with van der Waals surface area (Å²) in [5, 5.41) is 0. The molecule has 0 aliphatic carbocycles. The van der Waals surface area contributed by atoms with Crippen LogP contribution in [0.3, 0.4) is 0 Å². The first-order valence-corrected chi connectivity index (χ1v) is 9.13. The summed E-state index contributed by atoms with van der Waals surface area (Å²) in [6, 6.07) is 16.6. The summed E-state index contributed by atoms with van der Waals surface area (Å²) in [5.74, 6) is 0. The molecule has 2 aromatic carbocycles. The van der Waals surface area contributed by atoms with Crippen LogP contribution in [-0.4, -0.2) is 26.2 Å². The van der Waals surface area contributed by atoms with Gasteiger partial charge in [-0.2, -0.15) is 0 Å². The van der Waals surface area contributed by atoms with Gasteiger partial charge in [-0.15, -0.1) is 26.3 Å². The molecule has 0 amide bonds. The third-order valence-electron chi connectivity index (χ3n) is 4.16. The maximum atomic E-state index is 3.88. The van der Waals surface area contributed by atoms with Crippen molar-refractivity contribution in [1.29, 1.82) is 0 Å². The standard InChI is InChI=1S/C25H28N2/c1-5-17-26(18-6-2)24-15-11-9-13-22(24)21-23-14-10-12-16-25(23)27(19-7-3)20-8-4/h5-16H,1-4,17-20H2. The molecule has 0 aliphatic rings. The highest BCUT2D eigenvalue weighted by Gasteiger charge is 2.14. The fraction of sp³-hybridized carbons (Fsp3) is 0.160. The fourth-order valence-electron chi connectivity index (χ4n) is 3.02. The topological polar surface area (TPSA) is 6.48 Å². The van der Waals surface area contributed by atoms with Crippen molar-refractivity contribution >= 4 is 11.4 Å². The van der Waals surface area contributed by atoms with Crippen molar-refractivity contribution < 1.29 is 0 Å². The molecule has 0 saturated heterocycles. The van der Waals surface area contributed by atoms with Gasteiger partial charge in [0.15, 0.2) is 0 Å². The summed E-state index contributed by atoms with van der Waals surface area (Å²) in [7, 11) is 0. The Hall–Kier alpha value is -3.00. The SMILES string of the molecule is C=CCN(CC=C)c1ccccc1[C]c1ccccc1N(CC=C)CC=C. The molecule has 0 fully saturated rings. The van der Waals surface area contributed by atoms with Gasteiger partial charge in [0.2, 0.25) is 0 Å². The number of rotatable bonds is 12. The van der Waals surface area contributed by atoms with Crippen LogP contribution in [0.25, 0.3) is 0 Å². The maximum Gasteiger partial charge on any atom is 0.0545 e. The molecule has 2 aromatic rings. The molecule has 0 aromatic heterocycles. The van der Waals surface area contributed by atoms with E-state index in [4.69, 9.17) is 0 Å². The Morgan fingerprint density at radius 3 is 1.26 bits per heavy atom. The molecular weight excluding hydrogens is 328 g/mol. The van der Waals surface area contributed by atoms with Gasteiger partial charge in [-0.1, -0.05) is 60.7 Å². The smallest absolute Gasteiger partial charge is 0.0545 e. The van der Waals surface area contributed by atoms with Gasteiger partial charge >= 0.3 is 0 Å². The van der Waals surface area contributed by atoms with Crippen molar-refractivity contribution in [2.75, 3.05) is 36.0 Å². The van der Waals surface area contributed by atoms with Crippen molar-refractivity contribution in [1.82, 2.24) is 0 Å². The molecule has 138 valence electrons. The third kappa shape index (κ3) is 5.49. The fourth-order valence-corrected chi connectivity index (χ4v) is 3.02. The molecule has 0 spiro atoms. The lowest BCUT2D eigenvalue weighted by Gasteiger charge is -2.27. The van der Waals surface area contributed by atoms with Gasteiger partial charge in [0.05, 0.1) is 6.42 Å². The van der Waals surface area contributed by atoms with E-state index in [1.165, 1.54) is 0 Å². The van der Waals surface area contributed by atoms with Crippen molar-refractivity contribution in [2.24, 2.45) is 0 Å². The maximum absolute atomic E-state index is 3.88. The number of benzene rings is 2. The molecule has 0 aliphatic heterocycles. The molecule has 0 unspecified atom stereocenters. The highest BCUT2D eigenvalue weighted by molar-refractivity contribution is 5.66. The average molecular weight is 357 g/mol. The zero-order valence-corrected chi connectivity index (χ0v) is 16.0. The van der Waals surface area contributed by atoms with E-state index in [9.17, 15) is 0 Å². The predicted octanol–water partition coefficient (Wildman–Crippen LogP) is 5.52. The minimum Gasteiger partial charge on any atom is -0.364 e. The van der Waals surface area contributed by atoms with Gasteiger partial charge in [0.1, 0.15) is 0 Å². The van der Waals surface area contributed by atoms with Gasteiger partial charge in [-0.05, 0) is 23.3 Å². The van der Waals surface area contributed by atoms with Crippen LogP contribution in [0.5, 0.6) is 0 Å². The zero-order chi connectivity index (χ0) is 19.5. The molecule has 2 heteroatoms. The molecular formula is C25H28N2. The van der Waals surface area contributed by atoms with Gasteiger partial charge in [0, 0.05) is 37.6 Å². The van der Waals surface area contributed by atoms with Crippen molar-refractivity contribution in [2.45, 2.75) is 0 Å². The van der Waals surface area contributed by atoms with Crippen LogP contribution in [0, 0.1) is 6.42 Å². The van der Waals surface area contributed by atoms with Gasteiger partial charge < -0.3 is 9.80 Å². The first-order chi connectivity index (χ1) is 13.2. The Bertz CT molecular complexity index is 690. The Morgan fingerprint density at radius 2 is 0.926 bits per heavy atom. The normalized spacial score (nSPS) is 10.1. The monoisotopic (exact) mass is 356 g/mol. The van der Waals surface area contributed by atoms with E-state index in [2.05, 4.69) is 66.8 Å². The van der Waals surface area contributed by atoms with E-state index in [0.717, 1.165) is 48.7 Å². The van der Waals surface area contributed by atoms with Crippen LogP contribution in [0.15, 0.2) is 99.2 Å². The van der Waals surface area contributed by atoms with Crippen molar-refractivity contribution in [3.63, 3.8) is 0 Å². The van der Waals surface area contributed by atoms with E-state index in [1.54, 1.807) is 0 Å². The van der Waals surface area contributed by atoms with Crippen LogP contribution in [0.4, 0.5) is 11.4 Å². The molecule has 0 saturated carbocycles. The van der Waals surface area contributed by atoms with Gasteiger partial charge in [0.25, 0.3) is 0 Å². The third-order valence-corrected chi connectivity index (χ3v) is 4.16. The molecule has 2 rings (SSSR count). The number of hydrogen-bond donors (Lipinski definition) is 0. The lowest BCUT2D eigenvalue weighted by Crippen LogP contribution is -2.25. The van der Waals surface area contributed by atoms with E-state index >= 15 is 0 Å². The first kappa shape index (κ1) is 20.3. The zero-order valence-electron chi connectivity index (χ0n) is 16.0. The molecule has 0 atom stereocenters. The average Bonchev–Trinajstić information content (AvgIpc) is 2.69. The van der Waals surface area contributed by atoms with Crippen LogP contribution in [0.1, 0.15) is 11.1 Å².